The van der Waals surface area contributed by atoms with Crippen molar-refractivity contribution in [3.63, 3.8) is 0 Å². The molecule has 0 amide bonds. The number of imidazole rings is 2. The zero-order valence-corrected chi connectivity index (χ0v) is 34.2. The second-order valence-electron chi connectivity index (χ2n) is 12.2. The number of benzene rings is 4. The molecule has 7 nitrogen and oxygen atoms in total. The van der Waals surface area contributed by atoms with Gasteiger partial charge in [-0.3, -0.25) is 0 Å². The number of aryl methyl sites for hydroxylation is 2. The second-order valence-corrected chi connectivity index (χ2v) is 14.6. The fraction of sp³-hybridized carbons (Fsp3) is 0.205. The highest BCUT2D eigenvalue weighted by molar-refractivity contribution is 9.10. The summed E-state index contributed by atoms with van der Waals surface area (Å²) in [7, 11) is 0. The fourth-order valence-electron chi connectivity index (χ4n) is 5.39. The molecule has 0 N–H and O–H groups in total. The molecule has 0 aliphatic rings. The van der Waals surface area contributed by atoms with Crippen molar-refractivity contribution in [2.75, 3.05) is 0 Å². The Bertz CT molecular complexity index is 2400. The number of ether oxygens (including phenoxy) is 2. The van der Waals surface area contributed by atoms with Crippen molar-refractivity contribution in [3.8, 4) is 17.6 Å². The minimum atomic E-state index is -4.73. The summed E-state index contributed by atoms with van der Waals surface area (Å²) in [6, 6.07) is 26.7. The Morgan fingerprint density at radius 2 is 1.04 bits per heavy atom. The summed E-state index contributed by atoms with van der Waals surface area (Å²) in [5.74, 6) is 0.987. The Balaban J connectivity index is 0.000000218. The smallest absolute Gasteiger partial charge is 0.436 e. The molecule has 0 radical (unpaired) electrons. The van der Waals surface area contributed by atoms with Crippen molar-refractivity contribution in [3.05, 3.63) is 161 Å². The summed E-state index contributed by atoms with van der Waals surface area (Å²) in [4.78, 5) is 7.12. The van der Waals surface area contributed by atoms with Gasteiger partial charge >= 0.3 is 12.4 Å². The lowest BCUT2D eigenvalue weighted by molar-refractivity contribution is -0.142. The van der Waals surface area contributed by atoms with Crippen LogP contribution < -0.4 is 9.47 Å². The molecule has 298 valence electrons. The topological polar surface area (TPSA) is 77.9 Å². The van der Waals surface area contributed by atoms with Crippen LogP contribution in [0.4, 0.5) is 26.3 Å². The molecule has 0 saturated heterocycles. The van der Waals surface area contributed by atoms with Crippen molar-refractivity contribution < 1.29 is 35.8 Å². The maximum atomic E-state index is 13.1. The van der Waals surface area contributed by atoms with Gasteiger partial charge in [-0.05, 0) is 76.3 Å². The third-order valence-electron chi connectivity index (χ3n) is 8.23. The molecule has 0 saturated carbocycles. The summed E-state index contributed by atoms with van der Waals surface area (Å²) < 4.78 is 92.5. The average molecular weight is 934 g/mol. The minimum Gasteiger partial charge on any atom is -0.487 e. The van der Waals surface area contributed by atoms with E-state index in [0.717, 1.165) is 11.1 Å². The van der Waals surface area contributed by atoms with E-state index in [-0.39, 0.29) is 46.0 Å². The number of aromatic nitrogens is 4. The van der Waals surface area contributed by atoms with E-state index < -0.39 is 29.4 Å². The normalized spacial score (nSPS) is 11.5. The Morgan fingerprint density at radius 3 is 1.44 bits per heavy atom. The molecule has 57 heavy (non-hydrogen) atoms. The van der Waals surface area contributed by atoms with Crippen LogP contribution in [0.2, 0.25) is 20.1 Å². The molecule has 0 aliphatic carbocycles. The van der Waals surface area contributed by atoms with Gasteiger partial charge in [0.15, 0.2) is 17.1 Å². The molecule has 0 aliphatic heterocycles. The lowest BCUT2D eigenvalue weighted by Gasteiger charge is -2.14. The largest absolute Gasteiger partial charge is 0.487 e. The summed E-state index contributed by atoms with van der Waals surface area (Å²) in [5.41, 5.74) is 0.116. The number of nitriles is 1. The lowest BCUT2D eigenvalue weighted by atomic mass is 10.2. The van der Waals surface area contributed by atoms with Crippen molar-refractivity contribution in [2.24, 2.45) is 0 Å². The van der Waals surface area contributed by atoms with Crippen LogP contribution in [-0.2, 0) is 38.7 Å². The maximum Gasteiger partial charge on any atom is 0.436 e. The zero-order chi connectivity index (χ0) is 41.7. The Hall–Kier alpha value is -4.39. The molecule has 6 rings (SSSR count). The van der Waals surface area contributed by atoms with Gasteiger partial charge in [-0.1, -0.05) is 107 Å². The van der Waals surface area contributed by atoms with Crippen LogP contribution in [0.3, 0.4) is 0 Å². The molecule has 0 fully saturated rings. The molecule has 2 heterocycles. The van der Waals surface area contributed by atoms with Crippen LogP contribution in [0.15, 0.2) is 89.5 Å². The maximum absolute atomic E-state index is 13.1. The molecule has 4 aromatic carbocycles. The summed E-state index contributed by atoms with van der Waals surface area (Å²) in [6.07, 6.45) is -9.28. The highest BCUT2D eigenvalue weighted by atomic mass is 79.9. The van der Waals surface area contributed by atoms with Crippen LogP contribution in [0.25, 0.3) is 0 Å². The monoisotopic (exact) mass is 931 g/mol. The van der Waals surface area contributed by atoms with Gasteiger partial charge in [0.1, 0.15) is 47.0 Å². The third-order valence-corrected chi connectivity index (χ3v) is 10.3. The quantitative estimate of drug-likeness (QED) is 0.128. The lowest BCUT2D eigenvalue weighted by Crippen LogP contribution is -2.10. The van der Waals surface area contributed by atoms with Gasteiger partial charge in [0.05, 0.1) is 23.1 Å². The third kappa shape index (κ3) is 11.0. The molecule has 6 aromatic rings. The SMILES string of the molecule is Cc1nc(C(F)(F)F)c(Br)n1Cc1cc(OCc2ccccc2)c(Cl)cc1Cl.Cc1nc(C(F)(F)F)c(C#N)n1Cc1cc(OCc2ccccc2)c(Cl)cc1Cl. The molecule has 0 unspecified atom stereocenters. The number of hydrogen-bond donors (Lipinski definition) is 0. The summed E-state index contributed by atoms with van der Waals surface area (Å²) in [5, 5.41) is 10.4. The number of nitrogens with zero attached hydrogens (tertiary/aromatic N) is 5. The number of halogens is 11. The van der Waals surface area contributed by atoms with Gasteiger partial charge in [-0.15, -0.1) is 0 Å². The average Bonchev–Trinajstić information content (AvgIpc) is 3.64. The second kappa shape index (κ2) is 18.5. The van der Waals surface area contributed by atoms with Crippen LogP contribution in [0.1, 0.15) is 51.0 Å². The minimum absolute atomic E-state index is 0.0478. The van der Waals surface area contributed by atoms with E-state index in [2.05, 4.69) is 25.9 Å². The van der Waals surface area contributed by atoms with Crippen molar-refractivity contribution in [1.82, 2.24) is 19.1 Å². The van der Waals surface area contributed by atoms with E-state index in [9.17, 15) is 31.6 Å². The predicted molar refractivity (Wildman–Crippen MR) is 209 cm³/mol. The molecule has 0 spiro atoms. The first-order valence-electron chi connectivity index (χ1n) is 16.5. The van der Waals surface area contributed by atoms with E-state index in [1.54, 1.807) is 18.2 Å². The predicted octanol–water partition coefficient (Wildman–Crippen LogP) is 12.9. The highest BCUT2D eigenvalue weighted by Gasteiger charge is 2.39. The fourth-order valence-corrected chi connectivity index (χ4v) is 7.08. The van der Waals surface area contributed by atoms with Crippen molar-refractivity contribution in [1.29, 1.82) is 5.26 Å². The molecular formula is C39H28BrCl4F6N5O2. The first-order valence-corrected chi connectivity index (χ1v) is 18.8. The molecule has 0 atom stereocenters. The Kier molecular flexibility index (Phi) is 14.2. The summed E-state index contributed by atoms with van der Waals surface area (Å²) in [6.45, 7) is 3.44. The van der Waals surface area contributed by atoms with E-state index in [1.165, 1.54) is 35.1 Å². The highest BCUT2D eigenvalue weighted by Crippen LogP contribution is 2.38. The molecule has 0 bridgehead atoms. The standard InChI is InChI=1S/C20H14Cl2F3N3O.C19H14BrCl2F3N2O/c1-12-27-19(20(23,24)25)17(9-26)28(12)10-14-7-18(16(22)8-15(14)21)29-11-13-5-3-2-4-6-13;1-11-26-17(19(23,24)25)18(20)27(11)9-13-7-16(15(22)8-14(13)21)28-10-12-5-3-2-4-6-12/h2-8H,10-11H2,1H3;2-8H,9-10H2,1H3. The van der Waals surface area contributed by atoms with Gasteiger partial charge in [-0.25, -0.2) is 9.97 Å². The van der Waals surface area contributed by atoms with Gasteiger partial charge in [0.2, 0.25) is 0 Å². The van der Waals surface area contributed by atoms with Gasteiger partial charge in [0.25, 0.3) is 0 Å². The van der Waals surface area contributed by atoms with Gasteiger partial charge in [-0.2, -0.15) is 31.6 Å². The van der Waals surface area contributed by atoms with Gasteiger partial charge in [0, 0.05) is 10.0 Å². The molecule has 2 aromatic heterocycles. The van der Waals surface area contributed by atoms with Crippen LogP contribution >= 0.6 is 62.3 Å². The van der Waals surface area contributed by atoms with E-state index in [0.29, 0.717) is 39.3 Å². The van der Waals surface area contributed by atoms with E-state index >= 15 is 0 Å². The number of rotatable bonds is 10. The van der Waals surface area contributed by atoms with Crippen LogP contribution in [-0.4, -0.2) is 19.1 Å². The van der Waals surface area contributed by atoms with Crippen molar-refractivity contribution in [2.45, 2.75) is 52.5 Å². The Morgan fingerprint density at radius 1 is 0.632 bits per heavy atom. The summed E-state index contributed by atoms with van der Waals surface area (Å²) >= 11 is 27.9. The number of hydrogen-bond acceptors (Lipinski definition) is 5. The van der Waals surface area contributed by atoms with Crippen LogP contribution in [0, 0.1) is 25.2 Å². The zero-order valence-electron chi connectivity index (χ0n) is 29.6. The molecular weight excluding hydrogens is 906 g/mol. The van der Waals surface area contributed by atoms with E-state index in [4.69, 9.17) is 55.9 Å². The number of alkyl halides is 6. The first kappa shape index (κ1) is 43.7. The van der Waals surface area contributed by atoms with E-state index in [1.807, 2.05) is 60.7 Å². The van der Waals surface area contributed by atoms with Crippen molar-refractivity contribution >= 4 is 62.3 Å². The molecule has 18 heteroatoms. The van der Waals surface area contributed by atoms with Gasteiger partial charge < -0.3 is 18.6 Å². The Labute approximate surface area is 351 Å². The first-order chi connectivity index (χ1) is 26.9. The van der Waals surface area contributed by atoms with Crippen LogP contribution in [0.5, 0.6) is 11.5 Å².